The third-order valence-electron chi connectivity index (χ3n) is 2.40. The van der Waals surface area contributed by atoms with Gasteiger partial charge >= 0.3 is 0 Å². The Hall–Kier alpha value is -0.470. The second-order valence-corrected chi connectivity index (χ2v) is 3.85. The summed E-state index contributed by atoms with van der Waals surface area (Å²) in [5, 5.41) is 0.427. The lowest BCUT2D eigenvalue weighted by molar-refractivity contribution is 0.457. The maximum Gasteiger partial charge on any atom is 0.197 e. The average Bonchev–Trinajstić information content (AvgIpc) is 2.51. The molecule has 3 heteroatoms. The monoisotopic (exact) mass is 201 g/mol. The van der Waals surface area contributed by atoms with Crippen LogP contribution in [0, 0.1) is 5.92 Å². The minimum Gasteiger partial charge on any atom is -0.453 e. The van der Waals surface area contributed by atoms with Crippen molar-refractivity contribution in [2.24, 2.45) is 11.7 Å². The molecule has 0 aliphatic carbocycles. The van der Waals surface area contributed by atoms with E-state index in [9.17, 15) is 0 Å². The Morgan fingerprint density at radius 1 is 1.62 bits per heavy atom. The molecule has 0 aliphatic heterocycles. The topological polar surface area (TPSA) is 39.2 Å². The predicted octanol–water partition coefficient (Wildman–Crippen LogP) is 3.37. The highest BCUT2D eigenvalue weighted by Gasteiger charge is 2.14. The van der Waals surface area contributed by atoms with Crippen LogP contribution < -0.4 is 5.73 Å². The summed E-state index contributed by atoms with van der Waals surface area (Å²) in [7, 11) is 0. The van der Waals surface area contributed by atoms with Crippen molar-refractivity contribution in [3.8, 4) is 0 Å². The van der Waals surface area contributed by atoms with E-state index < -0.39 is 0 Å². The number of hydrogen-bond donors (Lipinski definition) is 1. The summed E-state index contributed by atoms with van der Waals surface area (Å²) < 4.78 is 4.99. The van der Waals surface area contributed by atoms with E-state index in [-0.39, 0.29) is 6.04 Å². The van der Waals surface area contributed by atoms with E-state index >= 15 is 0 Å². The van der Waals surface area contributed by atoms with Gasteiger partial charge in [-0.1, -0.05) is 20.3 Å². The molecule has 0 radical (unpaired) electrons. The molecule has 1 rings (SSSR count). The molecule has 2 atom stereocenters. The van der Waals surface area contributed by atoms with E-state index in [4.69, 9.17) is 21.8 Å². The number of furan rings is 1. The minimum absolute atomic E-state index is 0.00111. The summed E-state index contributed by atoms with van der Waals surface area (Å²) in [4.78, 5) is 0. The molecule has 74 valence electrons. The van der Waals surface area contributed by atoms with Gasteiger partial charge in [0.2, 0.25) is 0 Å². The first kappa shape index (κ1) is 10.6. The Labute approximate surface area is 84.1 Å². The molecule has 2 nitrogen and oxygen atoms in total. The van der Waals surface area contributed by atoms with Crippen molar-refractivity contribution in [2.45, 2.75) is 32.7 Å². The standard InChI is InChI=1S/C10H16ClNO/c1-3-7(2)6-9(12)8-4-5-13-10(8)11/h4-5,7,9H,3,6,12H2,1-2H3. The molecular formula is C10H16ClNO. The van der Waals surface area contributed by atoms with Gasteiger partial charge in [-0.15, -0.1) is 0 Å². The first-order valence-electron chi connectivity index (χ1n) is 4.63. The zero-order valence-corrected chi connectivity index (χ0v) is 8.84. The third-order valence-corrected chi connectivity index (χ3v) is 2.71. The van der Waals surface area contributed by atoms with Crippen LogP contribution in [0.2, 0.25) is 5.22 Å². The van der Waals surface area contributed by atoms with Gasteiger partial charge < -0.3 is 10.2 Å². The highest BCUT2D eigenvalue weighted by molar-refractivity contribution is 6.29. The number of rotatable bonds is 4. The highest BCUT2D eigenvalue weighted by Crippen LogP contribution is 2.27. The molecule has 0 aromatic carbocycles. The number of hydrogen-bond acceptors (Lipinski definition) is 2. The fourth-order valence-electron chi connectivity index (χ4n) is 1.30. The van der Waals surface area contributed by atoms with E-state index in [2.05, 4.69) is 13.8 Å². The maximum atomic E-state index is 5.97. The summed E-state index contributed by atoms with van der Waals surface area (Å²) in [6.07, 6.45) is 3.67. The molecule has 1 aromatic heterocycles. The lowest BCUT2D eigenvalue weighted by Crippen LogP contribution is -2.13. The molecule has 2 unspecified atom stereocenters. The second-order valence-electron chi connectivity index (χ2n) is 3.51. The Bertz CT molecular complexity index is 259. The Balaban J connectivity index is 2.58. The smallest absolute Gasteiger partial charge is 0.197 e. The van der Waals surface area contributed by atoms with Crippen LogP contribution in [0.1, 0.15) is 38.3 Å². The lowest BCUT2D eigenvalue weighted by atomic mass is 9.96. The molecule has 2 N–H and O–H groups in total. The van der Waals surface area contributed by atoms with Crippen molar-refractivity contribution >= 4 is 11.6 Å². The van der Waals surface area contributed by atoms with Crippen molar-refractivity contribution in [1.82, 2.24) is 0 Å². The van der Waals surface area contributed by atoms with Crippen LogP contribution in [0.15, 0.2) is 16.7 Å². The van der Waals surface area contributed by atoms with Crippen LogP contribution in [0.4, 0.5) is 0 Å². The van der Waals surface area contributed by atoms with E-state index in [1.165, 1.54) is 0 Å². The van der Waals surface area contributed by atoms with Crippen LogP contribution in [-0.2, 0) is 0 Å². The molecule has 0 aliphatic rings. The summed E-state index contributed by atoms with van der Waals surface area (Å²) in [5.41, 5.74) is 6.89. The molecular weight excluding hydrogens is 186 g/mol. The predicted molar refractivity (Wildman–Crippen MR) is 54.7 cm³/mol. The van der Waals surface area contributed by atoms with E-state index in [0.717, 1.165) is 18.4 Å². The van der Waals surface area contributed by atoms with Crippen molar-refractivity contribution in [3.05, 3.63) is 23.1 Å². The number of nitrogens with two attached hydrogens (primary N) is 1. The van der Waals surface area contributed by atoms with Crippen molar-refractivity contribution in [3.63, 3.8) is 0 Å². The SMILES string of the molecule is CCC(C)CC(N)c1ccoc1Cl. The van der Waals surface area contributed by atoms with Gasteiger partial charge in [0.15, 0.2) is 5.22 Å². The van der Waals surface area contributed by atoms with Crippen molar-refractivity contribution < 1.29 is 4.42 Å². The van der Waals surface area contributed by atoms with Gasteiger partial charge in [0.05, 0.1) is 6.26 Å². The Morgan fingerprint density at radius 2 is 2.31 bits per heavy atom. The summed E-state index contributed by atoms with van der Waals surface area (Å²) in [6.45, 7) is 4.35. The lowest BCUT2D eigenvalue weighted by Gasteiger charge is -2.14. The summed E-state index contributed by atoms with van der Waals surface area (Å²) >= 11 is 5.81. The van der Waals surface area contributed by atoms with Crippen molar-refractivity contribution in [2.75, 3.05) is 0 Å². The quantitative estimate of drug-likeness (QED) is 0.812. The molecule has 0 amide bonds. The van der Waals surface area contributed by atoms with Gasteiger partial charge in [0.1, 0.15) is 0 Å². The number of halogens is 1. The van der Waals surface area contributed by atoms with Gasteiger partial charge in [-0.2, -0.15) is 0 Å². The highest BCUT2D eigenvalue weighted by atomic mass is 35.5. The van der Waals surface area contributed by atoms with Crippen LogP contribution in [-0.4, -0.2) is 0 Å². The fourth-order valence-corrected chi connectivity index (χ4v) is 1.55. The van der Waals surface area contributed by atoms with Crippen LogP contribution >= 0.6 is 11.6 Å². The van der Waals surface area contributed by atoms with E-state index in [1.54, 1.807) is 6.26 Å². The van der Waals surface area contributed by atoms with Crippen LogP contribution in [0.5, 0.6) is 0 Å². The minimum atomic E-state index is 0.00111. The zero-order chi connectivity index (χ0) is 9.84. The molecule has 0 spiro atoms. The third kappa shape index (κ3) is 2.75. The zero-order valence-electron chi connectivity index (χ0n) is 8.09. The first-order chi connectivity index (χ1) is 6.15. The van der Waals surface area contributed by atoms with Gasteiger partial charge in [-0.3, -0.25) is 0 Å². The van der Waals surface area contributed by atoms with Gasteiger partial charge in [-0.25, -0.2) is 0 Å². The van der Waals surface area contributed by atoms with Crippen molar-refractivity contribution in [1.29, 1.82) is 0 Å². The van der Waals surface area contributed by atoms with E-state index in [1.807, 2.05) is 6.07 Å². The second kappa shape index (κ2) is 4.68. The largest absolute Gasteiger partial charge is 0.453 e. The van der Waals surface area contributed by atoms with Crippen LogP contribution in [0.25, 0.3) is 0 Å². The summed E-state index contributed by atoms with van der Waals surface area (Å²) in [6, 6.07) is 1.84. The average molecular weight is 202 g/mol. The first-order valence-corrected chi connectivity index (χ1v) is 5.01. The molecule has 1 heterocycles. The van der Waals surface area contributed by atoms with Gasteiger partial charge in [-0.05, 0) is 30.0 Å². The van der Waals surface area contributed by atoms with Crippen LogP contribution in [0.3, 0.4) is 0 Å². The molecule has 0 saturated heterocycles. The molecule has 0 bridgehead atoms. The summed E-state index contributed by atoms with van der Waals surface area (Å²) in [5.74, 6) is 0.626. The fraction of sp³-hybridized carbons (Fsp3) is 0.600. The Morgan fingerprint density at radius 3 is 2.77 bits per heavy atom. The molecule has 0 saturated carbocycles. The molecule has 1 aromatic rings. The molecule has 13 heavy (non-hydrogen) atoms. The maximum absolute atomic E-state index is 5.97. The Kier molecular flexibility index (Phi) is 3.82. The van der Waals surface area contributed by atoms with Gasteiger partial charge in [0.25, 0.3) is 0 Å². The molecule has 0 fully saturated rings. The van der Waals surface area contributed by atoms with Gasteiger partial charge in [0, 0.05) is 11.6 Å². The van der Waals surface area contributed by atoms with E-state index in [0.29, 0.717) is 11.1 Å². The normalized spacial score (nSPS) is 15.7.